The van der Waals surface area contributed by atoms with Crippen molar-refractivity contribution < 1.29 is 31.2 Å². The molecule has 11 heteroatoms. The highest BCUT2D eigenvalue weighted by atomic mass is 79.9. The standard InChI is InChI=1S/C9H8BrClF3NO4S/c1-18-8-6(10)2-5(11)3-7(8)20(16,17)15-19-4-9(12,13)14/h2-3,15H,4H2,1H3. The van der Waals surface area contributed by atoms with Gasteiger partial charge < -0.3 is 4.74 Å². The minimum Gasteiger partial charge on any atom is -0.494 e. The van der Waals surface area contributed by atoms with Crippen LogP contribution in [-0.2, 0) is 14.9 Å². The number of alkyl halides is 3. The van der Waals surface area contributed by atoms with Gasteiger partial charge in [-0.1, -0.05) is 16.5 Å². The number of hydrogen-bond donors (Lipinski definition) is 1. The molecule has 0 fully saturated rings. The molecule has 1 aromatic carbocycles. The Balaban J connectivity index is 3.04. The second-order valence-electron chi connectivity index (χ2n) is 3.41. The largest absolute Gasteiger partial charge is 0.494 e. The Morgan fingerprint density at radius 1 is 1.40 bits per heavy atom. The maximum Gasteiger partial charge on any atom is 0.413 e. The van der Waals surface area contributed by atoms with Crippen LogP contribution >= 0.6 is 27.5 Å². The van der Waals surface area contributed by atoms with Crippen LogP contribution in [0.15, 0.2) is 21.5 Å². The molecule has 0 saturated heterocycles. The van der Waals surface area contributed by atoms with Crippen molar-refractivity contribution >= 4 is 37.6 Å². The van der Waals surface area contributed by atoms with E-state index in [1.54, 1.807) is 0 Å². The summed E-state index contributed by atoms with van der Waals surface area (Å²) in [6, 6.07) is 2.39. The van der Waals surface area contributed by atoms with Gasteiger partial charge in [-0.3, -0.25) is 4.84 Å². The fourth-order valence-electron chi connectivity index (χ4n) is 1.17. The minimum atomic E-state index is -4.67. The third kappa shape index (κ3) is 4.77. The molecule has 114 valence electrons. The number of rotatable bonds is 5. The molecule has 0 saturated carbocycles. The first-order chi connectivity index (χ1) is 9.07. The average Bonchev–Trinajstić information content (AvgIpc) is 2.25. The monoisotopic (exact) mass is 397 g/mol. The summed E-state index contributed by atoms with van der Waals surface area (Å²) >= 11 is 8.72. The lowest BCUT2D eigenvalue weighted by Crippen LogP contribution is -2.30. The van der Waals surface area contributed by atoms with E-state index in [2.05, 4.69) is 20.8 Å². The summed E-state index contributed by atoms with van der Waals surface area (Å²) in [5.74, 6) is -0.113. The smallest absolute Gasteiger partial charge is 0.413 e. The Bertz CT molecular complexity index is 594. The molecule has 1 rings (SSSR count). The summed E-state index contributed by atoms with van der Waals surface area (Å²) in [6.07, 6.45) is -4.67. The molecule has 0 aliphatic carbocycles. The van der Waals surface area contributed by atoms with Gasteiger partial charge in [-0.25, -0.2) is 8.42 Å². The maximum atomic E-state index is 11.9. The van der Waals surface area contributed by atoms with Gasteiger partial charge in [0.05, 0.1) is 11.6 Å². The molecule has 0 spiro atoms. The van der Waals surface area contributed by atoms with Crippen molar-refractivity contribution in [3.05, 3.63) is 21.6 Å². The van der Waals surface area contributed by atoms with Crippen LogP contribution in [0.5, 0.6) is 5.75 Å². The second-order valence-corrected chi connectivity index (χ2v) is 6.31. The Labute approximate surface area is 126 Å². The van der Waals surface area contributed by atoms with Gasteiger partial charge in [-0.05, 0) is 28.1 Å². The number of nitrogens with one attached hydrogen (secondary N) is 1. The summed E-state index contributed by atoms with van der Waals surface area (Å²) in [4.78, 5) is 4.82. The van der Waals surface area contributed by atoms with Crippen LogP contribution in [0.4, 0.5) is 13.2 Å². The molecule has 0 heterocycles. The summed E-state index contributed by atoms with van der Waals surface area (Å²) in [5.41, 5.74) is 0. The molecule has 0 aromatic heterocycles. The van der Waals surface area contributed by atoms with E-state index in [1.165, 1.54) is 18.1 Å². The van der Waals surface area contributed by atoms with Crippen molar-refractivity contribution in [3.63, 3.8) is 0 Å². The molecule has 0 radical (unpaired) electrons. The van der Waals surface area contributed by atoms with Crippen molar-refractivity contribution in [1.82, 2.24) is 4.89 Å². The quantitative estimate of drug-likeness (QED) is 0.775. The van der Waals surface area contributed by atoms with Crippen molar-refractivity contribution in [1.29, 1.82) is 0 Å². The fourth-order valence-corrected chi connectivity index (χ4v) is 3.36. The van der Waals surface area contributed by atoms with E-state index in [-0.39, 0.29) is 15.2 Å². The molecule has 0 unspecified atom stereocenters. The van der Waals surface area contributed by atoms with Gasteiger partial charge in [-0.2, -0.15) is 13.2 Å². The summed E-state index contributed by atoms with van der Waals surface area (Å²) in [7, 11) is -3.18. The molecule has 0 bridgehead atoms. The maximum absolute atomic E-state index is 11.9. The predicted octanol–water partition coefficient (Wildman–Crippen LogP) is 2.88. The molecule has 5 nitrogen and oxygen atoms in total. The normalized spacial score (nSPS) is 12.5. The second kappa shape index (κ2) is 6.48. The van der Waals surface area contributed by atoms with Crippen LogP contribution in [0, 0.1) is 0 Å². The lowest BCUT2D eigenvalue weighted by atomic mass is 10.3. The molecule has 0 aliphatic heterocycles. The zero-order valence-electron chi connectivity index (χ0n) is 9.79. The lowest BCUT2D eigenvalue weighted by Gasteiger charge is -2.13. The predicted molar refractivity (Wildman–Crippen MR) is 68.0 cm³/mol. The van der Waals surface area contributed by atoms with E-state index in [0.717, 1.165) is 6.07 Å². The van der Waals surface area contributed by atoms with E-state index >= 15 is 0 Å². The van der Waals surface area contributed by atoms with Crippen molar-refractivity contribution in [2.75, 3.05) is 13.7 Å². The number of hydrogen-bond acceptors (Lipinski definition) is 4. The van der Waals surface area contributed by atoms with Gasteiger partial charge in [0.2, 0.25) is 0 Å². The third-order valence-electron chi connectivity index (χ3n) is 1.87. The first-order valence-corrected chi connectivity index (χ1v) is 7.45. The molecule has 0 amide bonds. The van der Waals surface area contributed by atoms with Gasteiger partial charge in [0.15, 0.2) is 12.4 Å². The molecule has 1 N–H and O–H groups in total. The zero-order chi connectivity index (χ0) is 15.6. The molecule has 0 aliphatic rings. The summed E-state index contributed by atoms with van der Waals surface area (Å²) in [5, 5.41) is 0.0499. The van der Waals surface area contributed by atoms with Gasteiger partial charge in [-0.15, -0.1) is 0 Å². The Morgan fingerprint density at radius 3 is 2.50 bits per heavy atom. The van der Waals surface area contributed by atoms with Crippen LogP contribution in [-0.4, -0.2) is 28.3 Å². The van der Waals surface area contributed by atoms with E-state index in [4.69, 9.17) is 16.3 Å². The first-order valence-electron chi connectivity index (χ1n) is 4.80. The highest BCUT2D eigenvalue weighted by Crippen LogP contribution is 2.35. The van der Waals surface area contributed by atoms with Crippen LogP contribution < -0.4 is 9.62 Å². The third-order valence-corrected chi connectivity index (χ3v) is 3.90. The first kappa shape index (κ1) is 17.5. The van der Waals surface area contributed by atoms with E-state index in [0.29, 0.717) is 0 Å². The van der Waals surface area contributed by atoms with Gasteiger partial charge in [0, 0.05) is 5.02 Å². The Hall–Kier alpha value is -0.550. The Kier molecular flexibility index (Phi) is 5.67. The highest BCUT2D eigenvalue weighted by molar-refractivity contribution is 9.10. The van der Waals surface area contributed by atoms with Gasteiger partial charge >= 0.3 is 6.18 Å². The summed E-state index contributed by atoms with van der Waals surface area (Å²) in [6.45, 7) is -1.77. The average molecular weight is 399 g/mol. The number of methoxy groups -OCH3 is 1. The van der Waals surface area contributed by atoms with Crippen LogP contribution in [0.2, 0.25) is 5.02 Å². The van der Waals surface area contributed by atoms with E-state index < -0.39 is 27.7 Å². The van der Waals surface area contributed by atoms with Crippen molar-refractivity contribution in [2.24, 2.45) is 0 Å². The van der Waals surface area contributed by atoms with Crippen molar-refractivity contribution in [2.45, 2.75) is 11.1 Å². The topological polar surface area (TPSA) is 64.6 Å². The van der Waals surface area contributed by atoms with E-state index in [1.807, 2.05) is 0 Å². The van der Waals surface area contributed by atoms with Gasteiger partial charge in [0.25, 0.3) is 10.0 Å². The highest BCUT2D eigenvalue weighted by Gasteiger charge is 2.30. The number of sulfonamides is 1. The molecule has 1 aromatic rings. The Morgan fingerprint density at radius 2 is 2.00 bits per heavy atom. The van der Waals surface area contributed by atoms with Crippen LogP contribution in [0.3, 0.4) is 0 Å². The molecular weight excluding hydrogens is 391 g/mol. The van der Waals surface area contributed by atoms with Crippen LogP contribution in [0.1, 0.15) is 0 Å². The SMILES string of the molecule is COc1c(Br)cc(Cl)cc1S(=O)(=O)NOCC(F)(F)F. The minimum absolute atomic E-state index is 0.0499. The van der Waals surface area contributed by atoms with Gasteiger partial charge in [0.1, 0.15) is 4.90 Å². The number of benzene rings is 1. The molecular formula is C9H8BrClF3NO4S. The van der Waals surface area contributed by atoms with Crippen LogP contribution in [0.25, 0.3) is 0 Å². The fraction of sp³-hybridized carbons (Fsp3) is 0.333. The number of ether oxygens (including phenoxy) is 1. The van der Waals surface area contributed by atoms with E-state index in [9.17, 15) is 21.6 Å². The van der Waals surface area contributed by atoms with Crippen molar-refractivity contribution in [3.8, 4) is 5.75 Å². The summed E-state index contributed by atoms with van der Waals surface area (Å²) < 4.78 is 64.4. The molecule has 0 atom stereocenters. The molecule has 20 heavy (non-hydrogen) atoms. The number of halogens is 5. The zero-order valence-corrected chi connectivity index (χ0v) is 13.0. The lowest BCUT2D eigenvalue weighted by molar-refractivity contribution is -0.181.